The van der Waals surface area contributed by atoms with Crippen LogP contribution in [-0.2, 0) is 6.42 Å². The van der Waals surface area contributed by atoms with Crippen LogP contribution in [0.15, 0.2) is 18.2 Å². The fourth-order valence-corrected chi connectivity index (χ4v) is 3.27. The Morgan fingerprint density at radius 1 is 1.32 bits per heavy atom. The lowest BCUT2D eigenvalue weighted by Gasteiger charge is -2.19. The topological polar surface area (TPSA) is 12.0 Å². The predicted molar refractivity (Wildman–Crippen MR) is 84.7 cm³/mol. The molecule has 0 radical (unpaired) electrons. The minimum Gasteiger partial charge on any atom is -0.313 e. The molecule has 4 heteroatoms. The van der Waals surface area contributed by atoms with E-state index >= 15 is 0 Å². The zero-order valence-electron chi connectivity index (χ0n) is 11.9. The minimum absolute atomic E-state index is 0.204. The second kappa shape index (κ2) is 8.83. The molecule has 0 spiro atoms. The predicted octanol–water partition coefficient (Wildman–Crippen LogP) is 4.39. The molecule has 0 aromatic heterocycles. The highest BCUT2D eigenvalue weighted by Crippen LogP contribution is 2.21. The summed E-state index contributed by atoms with van der Waals surface area (Å²) in [6.45, 7) is 7.38. The van der Waals surface area contributed by atoms with E-state index < -0.39 is 0 Å². The molecule has 1 atom stereocenters. The van der Waals surface area contributed by atoms with Crippen LogP contribution in [0.4, 0.5) is 4.39 Å². The Bertz CT molecular complexity index is 364. The van der Waals surface area contributed by atoms with Crippen molar-refractivity contribution in [2.75, 3.05) is 18.1 Å². The molecule has 1 aromatic rings. The maximum Gasteiger partial charge on any atom is 0.127 e. The highest BCUT2D eigenvalue weighted by Gasteiger charge is 2.14. The minimum atomic E-state index is -0.204. The van der Waals surface area contributed by atoms with Crippen LogP contribution in [0.3, 0.4) is 0 Å². The third-order valence-electron chi connectivity index (χ3n) is 2.78. The molecule has 0 saturated heterocycles. The number of rotatable bonds is 8. The van der Waals surface area contributed by atoms with Crippen molar-refractivity contribution < 1.29 is 4.39 Å². The van der Waals surface area contributed by atoms with Crippen LogP contribution in [0.2, 0.25) is 5.02 Å². The van der Waals surface area contributed by atoms with Gasteiger partial charge in [0.2, 0.25) is 0 Å². The van der Waals surface area contributed by atoms with E-state index in [0.29, 0.717) is 22.9 Å². The number of benzene rings is 1. The Morgan fingerprint density at radius 2 is 2.05 bits per heavy atom. The average Bonchev–Trinajstić information content (AvgIpc) is 2.33. The van der Waals surface area contributed by atoms with Crippen LogP contribution in [0.1, 0.15) is 26.3 Å². The van der Waals surface area contributed by atoms with Gasteiger partial charge in [-0.1, -0.05) is 38.4 Å². The van der Waals surface area contributed by atoms with Gasteiger partial charge in [0.05, 0.1) is 0 Å². The smallest absolute Gasteiger partial charge is 0.127 e. The molecule has 1 N–H and O–H groups in total. The van der Waals surface area contributed by atoms with Crippen LogP contribution in [0.25, 0.3) is 0 Å². The van der Waals surface area contributed by atoms with Crippen molar-refractivity contribution in [2.45, 2.75) is 33.2 Å². The summed E-state index contributed by atoms with van der Waals surface area (Å²) >= 11 is 8.00. The number of hydrogen-bond acceptors (Lipinski definition) is 2. The number of hydrogen-bond donors (Lipinski definition) is 1. The summed E-state index contributed by atoms with van der Waals surface area (Å²) in [7, 11) is 0. The molecule has 0 heterocycles. The van der Waals surface area contributed by atoms with Gasteiger partial charge < -0.3 is 5.32 Å². The molecule has 0 aliphatic heterocycles. The number of nitrogens with one attached hydrogen (secondary N) is 1. The lowest BCUT2D eigenvalue weighted by atomic mass is 10.1. The van der Waals surface area contributed by atoms with E-state index in [0.717, 1.165) is 18.1 Å². The molecule has 19 heavy (non-hydrogen) atoms. The Hall–Kier alpha value is -0.250. The molecule has 0 amide bonds. The normalized spacial score (nSPS) is 12.9. The zero-order valence-corrected chi connectivity index (χ0v) is 13.5. The third kappa shape index (κ3) is 6.15. The maximum absolute atomic E-state index is 13.8. The molecule has 0 aliphatic carbocycles. The van der Waals surface area contributed by atoms with Gasteiger partial charge in [0, 0.05) is 22.4 Å². The van der Waals surface area contributed by atoms with Crippen molar-refractivity contribution >= 4 is 23.4 Å². The molecular formula is C15H23ClFNS. The van der Waals surface area contributed by atoms with Gasteiger partial charge >= 0.3 is 0 Å². The number of halogens is 2. The van der Waals surface area contributed by atoms with Crippen molar-refractivity contribution in [3.63, 3.8) is 0 Å². The molecule has 108 valence electrons. The fraction of sp³-hybridized carbons (Fsp3) is 0.600. The molecule has 0 bridgehead atoms. The summed E-state index contributed by atoms with van der Waals surface area (Å²) < 4.78 is 13.8. The molecule has 1 unspecified atom stereocenters. The summed E-state index contributed by atoms with van der Waals surface area (Å²) in [6, 6.07) is 5.15. The monoisotopic (exact) mass is 303 g/mol. The van der Waals surface area contributed by atoms with Crippen LogP contribution in [0, 0.1) is 11.7 Å². The summed E-state index contributed by atoms with van der Waals surface area (Å²) in [5.74, 6) is 2.59. The molecule has 1 aromatic carbocycles. The first-order valence-electron chi connectivity index (χ1n) is 6.78. The van der Waals surface area contributed by atoms with Gasteiger partial charge in [0.1, 0.15) is 5.82 Å². The second-order valence-electron chi connectivity index (χ2n) is 5.09. The van der Waals surface area contributed by atoms with Crippen molar-refractivity contribution in [3.05, 3.63) is 34.6 Å². The van der Waals surface area contributed by atoms with Crippen LogP contribution < -0.4 is 5.32 Å². The van der Waals surface area contributed by atoms with E-state index in [2.05, 4.69) is 26.1 Å². The molecule has 1 rings (SSSR count). The second-order valence-corrected chi connectivity index (χ2v) is 6.57. The average molecular weight is 304 g/mol. The molecule has 0 saturated carbocycles. The van der Waals surface area contributed by atoms with Crippen LogP contribution in [0.5, 0.6) is 0 Å². The number of thioether (sulfide) groups is 1. The highest BCUT2D eigenvalue weighted by atomic mass is 35.5. The van der Waals surface area contributed by atoms with Gasteiger partial charge in [-0.05, 0) is 36.8 Å². The molecule has 1 nitrogen and oxygen atoms in total. The zero-order chi connectivity index (χ0) is 14.3. The largest absolute Gasteiger partial charge is 0.313 e. The summed E-state index contributed by atoms with van der Waals surface area (Å²) in [5.41, 5.74) is 0.625. The Kier molecular flexibility index (Phi) is 7.81. The molecular weight excluding hydrogens is 281 g/mol. The van der Waals surface area contributed by atoms with Crippen molar-refractivity contribution in [1.29, 1.82) is 0 Å². The SMILES string of the molecule is CCNC(CSCC(C)C)Cc1c(F)cccc1Cl. The molecule has 0 aliphatic rings. The molecule has 0 fully saturated rings. The first kappa shape index (κ1) is 16.8. The van der Waals surface area contributed by atoms with Gasteiger partial charge in [-0.3, -0.25) is 0 Å². The van der Waals surface area contributed by atoms with E-state index in [4.69, 9.17) is 11.6 Å². The van der Waals surface area contributed by atoms with E-state index in [1.54, 1.807) is 12.1 Å². The highest BCUT2D eigenvalue weighted by molar-refractivity contribution is 7.99. The quantitative estimate of drug-likeness (QED) is 0.764. The lowest BCUT2D eigenvalue weighted by molar-refractivity contribution is 0.545. The van der Waals surface area contributed by atoms with Gasteiger partial charge in [-0.15, -0.1) is 0 Å². The summed E-state index contributed by atoms with van der Waals surface area (Å²) in [6.07, 6.45) is 0.643. The maximum atomic E-state index is 13.8. The van der Waals surface area contributed by atoms with Crippen molar-refractivity contribution in [2.24, 2.45) is 5.92 Å². The lowest BCUT2D eigenvalue weighted by Crippen LogP contribution is -2.33. The van der Waals surface area contributed by atoms with Gasteiger partial charge in [-0.25, -0.2) is 4.39 Å². The summed E-state index contributed by atoms with van der Waals surface area (Å²) in [5, 5.41) is 3.94. The van der Waals surface area contributed by atoms with Crippen molar-refractivity contribution in [1.82, 2.24) is 5.32 Å². The van der Waals surface area contributed by atoms with Crippen LogP contribution >= 0.6 is 23.4 Å². The Morgan fingerprint density at radius 3 is 2.63 bits per heavy atom. The Labute approximate surface area is 125 Å². The first-order valence-corrected chi connectivity index (χ1v) is 8.31. The van der Waals surface area contributed by atoms with E-state index in [-0.39, 0.29) is 11.9 Å². The first-order chi connectivity index (χ1) is 9.04. The van der Waals surface area contributed by atoms with E-state index in [1.807, 2.05) is 11.8 Å². The number of likely N-dealkylation sites (N-methyl/N-ethyl adjacent to an activating group) is 1. The standard InChI is InChI=1S/C15H23ClFNS/c1-4-18-12(10-19-9-11(2)3)8-13-14(16)6-5-7-15(13)17/h5-7,11-12,18H,4,8-10H2,1-3H3. The Balaban J connectivity index is 2.62. The summed E-state index contributed by atoms with van der Waals surface area (Å²) in [4.78, 5) is 0. The van der Waals surface area contributed by atoms with E-state index in [1.165, 1.54) is 6.07 Å². The fourth-order valence-electron chi connectivity index (χ4n) is 1.90. The van der Waals surface area contributed by atoms with Crippen molar-refractivity contribution in [3.8, 4) is 0 Å². The van der Waals surface area contributed by atoms with Gasteiger partial charge in [-0.2, -0.15) is 11.8 Å². The van der Waals surface area contributed by atoms with Crippen LogP contribution in [-0.4, -0.2) is 24.1 Å². The van der Waals surface area contributed by atoms with Gasteiger partial charge in [0.15, 0.2) is 0 Å². The van der Waals surface area contributed by atoms with Gasteiger partial charge in [0.25, 0.3) is 0 Å². The van der Waals surface area contributed by atoms with E-state index in [9.17, 15) is 4.39 Å². The third-order valence-corrected chi connectivity index (χ3v) is 4.67.